The Hall–Kier alpha value is -3.15. The van der Waals surface area contributed by atoms with Crippen LogP contribution in [-0.4, -0.2) is 29.4 Å². The van der Waals surface area contributed by atoms with E-state index in [4.69, 9.17) is 0 Å². The van der Waals surface area contributed by atoms with Gasteiger partial charge in [0.15, 0.2) is 6.04 Å². The molecule has 2 amide bonds. The van der Waals surface area contributed by atoms with Gasteiger partial charge in [-0.1, -0.05) is 36.4 Å². The molecule has 1 aliphatic heterocycles. The van der Waals surface area contributed by atoms with Crippen molar-refractivity contribution in [3.63, 3.8) is 0 Å². The first-order valence-corrected chi connectivity index (χ1v) is 8.85. The van der Waals surface area contributed by atoms with Crippen LogP contribution in [0, 0.1) is 13.8 Å². The second kappa shape index (κ2) is 7.61. The highest BCUT2D eigenvalue weighted by Crippen LogP contribution is 2.27. The maximum absolute atomic E-state index is 12.6. The number of carbonyl (C=O) groups is 3. The van der Waals surface area contributed by atoms with E-state index in [0.717, 1.165) is 16.7 Å². The fourth-order valence-corrected chi connectivity index (χ4v) is 3.38. The summed E-state index contributed by atoms with van der Waals surface area (Å²) in [5, 5.41) is 12.2. The third kappa shape index (κ3) is 3.84. The lowest BCUT2D eigenvalue weighted by molar-refractivity contribution is -0.141. The van der Waals surface area contributed by atoms with E-state index in [1.54, 1.807) is 18.2 Å². The minimum Gasteiger partial charge on any atom is -0.479 e. The molecule has 0 aromatic heterocycles. The summed E-state index contributed by atoms with van der Waals surface area (Å²) in [4.78, 5) is 38.1. The van der Waals surface area contributed by atoms with E-state index in [1.165, 1.54) is 4.90 Å². The number of carbonyl (C=O) groups excluding carboxylic acids is 2. The van der Waals surface area contributed by atoms with E-state index in [2.05, 4.69) is 5.32 Å². The second-order valence-electron chi connectivity index (χ2n) is 6.74. The smallest absolute Gasteiger partial charge is 0.330 e. The molecule has 3 rings (SSSR count). The van der Waals surface area contributed by atoms with Gasteiger partial charge in [0.2, 0.25) is 11.8 Å². The molecule has 2 aromatic carbocycles. The van der Waals surface area contributed by atoms with Crippen LogP contribution >= 0.6 is 0 Å². The summed E-state index contributed by atoms with van der Waals surface area (Å²) in [6.45, 7) is 3.52. The van der Waals surface area contributed by atoms with Crippen LogP contribution in [0.1, 0.15) is 34.7 Å². The number of hydrogen-bond acceptors (Lipinski definition) is 3. The molecule has 6 heteroatoms. The van der Waals surface area contributed by atoms with Crippen LogP contribution in [0.2, 0.25) is 0 Å². The Bertz CT molecular complexity index is 907. The Kier molecular flexibility index (Phi) is 5.26. The van der Waals surface area contributed by atoms with Crippen LogP contribution in [0.25, 0.3) is 0 Å². The molecule has 140 valence electrons. The molecule has 1 unspecified atom stereocenters. The van der Waals surface area contributed by atoms with Crippen molar-refractivity contribution >= 4 is 23.5 Å². The summed E-state index contributed by atoms with van der Waals surface area (Å²) >= 11 is 0. The van der Waals surface area contributed by atoms with Crippen molar-refractivity contribution in [3.05, 3.63) is 64.7 Å². The zero-order valence-corrected chi connectivity index (χ0v) is 15.4. The molecule has 0 bridgehead atoms. The first-order valence-electron chi connectivity index (χ1n) is 8.85. The molecule has 1 atom stereocenters. The Morgan fingerprint density at radius 2 is 1.85 bits per heavy atom. The quantitative estimate of drug-likeness (QED) is 0.851. The third-order valence-electron chi connectivity index (χ3n) is 5.00. The van der Waals surface area contributed by atoms with Gasteiger partial charge in [-0.3, -0.25) is 9.59 Å². The van der Waals surface area contributed by atoms with Crippen molar-refractivity contribution in [1.29, 1.82) is 0 Å². The van der Waals surface area contributed by atoms with Crippen LogP contribution in [0.15, 0.2) is 42.5 Å². The molecular formula is C21H22N2O4. The van der Waals surface area contributed by atoms with E-state index in [0.29, 0.717) is 24.1 Å². The predicted octanol–water partition coefficient (Wildman–Crippen LogP) is 2.52. The predicted molar refractivity (Wildman–Crippen MR) is 102 cm³/mol. The summed E-state index contributed by atoms with van der Waals surface area (Å²) in [5.74, 6) is -1.78. The molecule has 0 saturated carbocycles. The molecule has 6 nitrogen and oxygen atoms in total. The highest BCUT2D eigenvalue weighted by atomic mass is 16.4. The fraction of sp³-hybridized carbons (Fsp3) is 0.286. The minimum absolute atomic E-state index is 0.137. The van der Waals surface area contributed by atoms with Gasteiger partial charge < -0.3 is 15.3 Å². The zero-order valence-electron chi connectivity index (χ0n) is 15.4. The number of aliphatic carboxylic acids is 1. The van der Waals surface area contributed by atoms with Gasteiger partial charge in [0.05, 0.1) is 0 Å². The lowest BCUT2D eigenvalue weighted by Gasteiger charge is -2.29. The van der Waals surface area contributed by atoms with Crippen molar-refractivity contribution in [2.75, 3.05) is 11.4 Å². The summed E-state index contributed by atoms with van der Waals surface area (Å²) in [7, 11) is 0. The van der Waals surface area contributed by atoms with Gasteiger partial charge in [-0.2, -0.15) is 0 Å². The SMILES string of the molecule is Cc1cccc(C(NC(=O)CN2C(=O)CCc3ccccc32)C(=O)O)c1C. The topological polar surface area (TPSA) is 86.7 Å². The van der Waals surface area contributed by atoms with Gasteiger partial charge in [0.25, 0.3) is 0 Å². The second-order valence-corrected chi connectivity index (χ2v) is 6.74. The number of para-hydroxylation sites is 1. The molecule has 0 aliphatic carbocycles. The Morgan fingerprint density at radius 1 is 1.11 bits per heavy atom. The van der Waals surface area contributed by atoms with Gasteiger partial charge in [0, 0.05) is 12.1 Å². The molecule has 0 spiro atoms. The van der Waals surface area contributed by atoms with Gasteiger partial charge in [-0.05, 0) is 48.6 Å². The van der Waals surface area contributed by atoms with Crippen LogP contribution in [0.4, 0.5) is 5.69 Å². The van der Waals surface area contributed by atoms with Crippen molar-refractivity contribution in [2.24, 2.45) is 0 Å². The zero-order chi connectivity index (χ0) is 19.6. The number of hydrogen-bond donors (Lipinski definition) is 2. The fourth-order valence-electron chi connectivity index (χ4n) is 3.38. The molecule has 1 aliphatic rings. The summed E-state index contributed by atoms with van der Waals surface area (Å²) in [6.07, 6.45) is 0.983. The Morgan fingerprint density at radius 3 is 2.59 bits per heavy atom. The first kappa shape index (κ1) is 18.6. The molecule has 0 fully saturated rings. The van der Waals surface area contributed by atoms with Gasteiger partial charge in [-0.25, -0.2) is 4.79 Å². The summed E-state index contributed by atoms with van der Waals surface area (Å²) in [6, 6.07) is 11.6. The van der Waals surface area contributed by atoms with E-state index in [9.17, 15) is 19.5 Å². The minimum atomic E-state index is -1.16. The van der Waals surface area contributed by atoms with E-state index in [-0.39, 0.29) is 12.5 Å². The van der Waals surface area contributed by atoms with Crippen molar-refractivity contribution < 1.29 is 19.5 Å². The van der Waals surface area contributed by atoms with Crippen LogP contribution < -0.4 is 10.2 Å². The van der Waals surface area contributed by atoms with E-state index >= 15 is 0 Å². The molecule has 27 heavy (non-hydrogen) atoms. The number of benzene rings is 2. The largest absolute Gasteiger partial charge is 0.479 e. The maximum Gasteiger partial charge on any atom is 0.330 e. The highest BCUT2D eigenvalue weighted by Gasteiger charge is 2.29. The number of amides is 2. The van der Waals surface area contributed by atoms with Crippen molar-refractivity contribution in [3.8, 4) is 0 Å². The lowest BCUT2D eigenvalue weighted by atomic mass is 9.97. The van der Waals surface area contributed by atoms with Gasteiger partial charge in [0.1, 0.15) is 6.54 Å². The average molecular weight is 366 g/mol. The Labute approximate surface area is 157 Å². The molecule has 2 N–H and O–H groups in total. The molecule has 0 radical (unpaired) electrons. The molecule has 2 aromatic rings. The number of aryl methyl sites for hydroxylation is 2. The molecule has 0 saturated heterocycles. The normalized spacial score (nSPS) is 14.4. The lowest BCUT2D eigenvalue weighted by Crippen LogP contribution is -2.45. The number of rotatable bonds is 5. The molecule has 1 heterocycles. The number of fused-ring (bicyclic) bond motifs is 1. The van der Waals surface area contributed by atoms with Gasteiger partial charge >= 0.3 is 5.97 Å². The number of carboxylic acid groups (broad SMARTS) is 1. The summed E-state index contributed by atoms with van der Waals surface area (Å²) in [5.41, 5.74) is 4.04. The third-order valence-corrected chi connectivity index (χ3v) is 5.00. The average Bonchev–Trinajstić information content (AvgIpc) is 2.64. The van der Waals surface area contributed by atoms with Crippen molar-refractivity contribution in [1.82, 2.24) is 5.32 Å². The first-order chi connectivity index (χ1) is 12.9. The van der Waals surface area contributed by atoms with Crippen LogP contribution in [0.3, 0.4) is 0 Å². The Balaban J connectivity index is 1.81. The van der Waals surface area contributed by atoms with Crippen LogP contribution in [0.5, 0.6) is 0 Å². The van der Waals surface area contributed by atoms with E-state index < -0.39 is 17.9 Å². The summed E-state index contributed by atoms with van der Waals surface area (Å²) < 4.78 is 0. The van der Waals surface area contributed by atoms with Gasteiger partial charge in [-0.15, -0.1) is 0 Å². The standard InChI is InChI=1S/C21H22N2O4/c1-13-6-5-8-16(14(13)2)20(21(26)27)22-18(24)12-23-17-9-4-3-7-15(17)10-11-19(23)25/h3-9,20H,10-12H2,1-2H3,(H,22,24)(H,26,27). The number of carboxylic acids is 1. The van der Waals surface area contributed by atoms with E-state index in [1.807, 2.05) is 38.1 Å². The van der Waals surface area contributed by atoms with Crippen molar-refractivity contribution in [2.45, 2.75) is 32.7 Å². The highest BCUT2D eigenvalue weighted by molar-refractivity contribution is 6.01. The monoisotopic (exact) mass is 366 g/mol. The number of nitrogens with zero attached hydrogens (tertiary/aromatic N) is 1. The molecular weight excluding hydrogens is 344 g/mol. The maximum atomic E-state index is 12.6. The number of nitrogens with one attached hydrogen (secondary N) is 1. The van der Waals surface area contributed by atoms with Crippen LogP contribution in [-0.2, 0) is 20.8 Å². The number of anilines is 1.